The summed E-state index contributed by atoms with van der Waals surface area (Å²) in [5.74, 6) is 0.272. The molecule has 0 spiro atoms. The zero-order valence-corrected chi connectivity index (χ0v) is 10.5. The Hall–Kier alpha value is -3.02. The molecular formula is C14H11N5O. The van der Waals surface area contributed by atoms with Gasteiger partial charge in [0.1, 0.15) is 5.69 Å². The number of hydrogen-bond donors (Lipinski definition) is 1. The molecule has 1 N–H and O–H groups in total. The van der Waals surface area contributed by atoms with Gasteiger partial charge < -0.3 is 5.32 Å². The molecule has 1 amide bonds. The van der Waals surface area contributed by atoms with Gasteiger partial charge in [-0.05, 0) is 30.3 Å². The molecule has 0 fully saturated rings. The van der Waals surface area contributed by atoms with E-state index in [0.29, 0.717) is 17.2 Å². The van der Waals surface area contributed by atoms with Crippen molar-refractivity contribution in [2.45, 2.75) is 0 Å². The summed E-state index contributed by atoms with van der Waals surface area (Å²) in [5.41, 5.74) is 0.926. The second-order valence-corrected chi connectivity index (χ2v) is 3.99. The van der Waals surface area contributed by atoms with Gasteiger partial charge in [0.2, 0.25) is 0 Å². The number of pyridine rings is 2. The molecule has 6 nitrogen and oxygen atoms in total. The number of nitrogens with zero attached hydrogens (tertiary/aromatic N) is 4. The summed E-state index contributed by atoms with van der Waals surface area (Å²) >= 11 is 0. The molecule has 0 bridgehead atoms. The van der Waals surface area contributed by atoms with E-state index >= 15 is 0 Å². The quantitative estimate of drug-likeness (QED) is 0.785. The van der Waals surface area contributed by atoms with Gasteiger partial charge in [0.15, 0.2) is 5.82 Å². The third-order valence-electron chi connectivity index (χ3n) is 2.65. The van der Waals surface area contributed by atoms with Gasteiger partial charge in [-0.1, -0.05) is 6.07 Å². The lowest BCUT2D eigenvalue weighted by molar-refractivity contribution is 0.102. The number of hydrogen-bond acceptors (Lipinski definition) is 4. The maximum atomic E-state index is 12.1. The van der Waals surface area contributed by atoms with Gasteiger partial charge in [0.05, 0.1) is 5.69 Å². The van der Waals surface area contributed by atoms with Crippen molar-refractivity contribution in [2.75, 3.05) is 5.32 Å². The second kappa shape index (κ2) is 5.31. The second-order valence-electron chi connectivity index (χ2n) is 3.99. The van der Waals surface area contributed by atoms with Gasteiger partial charge >= 0.3 is 0 Å². The average Bonchev–Trinajstić information content (AvgIpc) is 3.03. The van der Waals surface area contributed by atoms with Gasteiger partial charge in [0, 0.05) is 24.8 Å². The Balaban J connectivity index is 1.90. The van der Waals surface area contributed by atoms with Gasteiger partial charge in [-0.15, -0.1) is 0 Å². The van der Waals surface area contributed by atoms with Crippen LogP contribution in [-0.2, 0) is 0 Å². The summed E-state index contributed by atoms with van der Waals surface area (Å²) in [4.78, 5) is 20.4. The first kappa shape index (κ1) is 12.0. The smallest absolute Gasteiger partial charge is 0.274 e. The molecule has 3 rings (SSSR count). The number of anilines is 1. The van der Waals surface area contributed by atoms with Crippen LogP contribution in [0.25, 0.3) is 5.82 Å². The number of rotatable bonds is 3. The molecule has 98 valence electrons. The van der Waals surface area contributed by atoms with Crippen LogP contribution in [0.3, 0.4) is 0 Å². The Morgan fingerprint density at radius 1 is 1.00 bits per heavy atom. The number of carbonyl (C=O) groups excluding carboxylic acids is 1. The van der Waals surface area contributed by atoms with E-state index in [4.69, 9.17) is 0 Å². The Morgan fingerprint density at radius 3 is 2.65 bits per heavy atom. The van der Waals surface area contributed by atoms with Crippen molar-refractivity contribution in [1.29, 1.82) is 0 Å². The van der Waals surface area contributed by atoms with Crippen molar-refractivity contribution in [3.8, 4) is 5.82 Å². The van der Waals surface area contributed by atoms with E-state index in [9.17, 15) is 4.79 Å². The highest BCUT2D eigenvalue weighted by atomic mass is 16.1. The zero-order valence-electron chi connectivity index (χ0n) is 10.5. The molecule has 0 radical (unpaired) electrons. The molecule has 0 aliphatic heterocycles. The summed E-state index contributed by atoms with van der Waals surface area (Å²) in [6.07, 6.45) is 6.64. The van der Waals surface area contributed by atoms with E-state index in [0.717, 1.165) is 0 Å². The van der Waals surface area contributed by atoms with E-state index in [1.54, 1.807) is 65.9 Å². The number of carbonyl (C=O) groups is 1. The standard InChI is InChI=1S/C14H11N5O/c20-14(12-5-1-2-7-15-12)18-11-6-3-8-16-13(11)19-10-4-9-17-19/h1-10H,(H,18,20). The third kappa shape index (κ3) is 2.39. The van der Waals surface area contributed by atoms with Crippen LogP contribution in [0.5, 0.6) is 0 Å². The highest BCUT2D eigenvalue weighted by Gasteiger charge is 2.11. The lowest BCUT2D eigenvalue weighted by Crippen LogP contribution is -2.15. The van der Waals surface area contributed by atoms with Gasteiger partial charge in [-0.3, -0.25) is 9.78 Å². The molecule has 0 unspecified atom stereocenters. The predicted molar refractivity (Wildman–Crippen MR) is 73.5 cm³/mol. The van der Waals surface area contributed by atoms with Crippen molar-refractivity contribution in [3.63, 3.8) is 0 Å². The van der Waals surface area contributed by atoms with Crippen LogP contribution in [-0.4, -0.2) is 25.7 Å². The fourth-order valence-electron chi connectivity index (χ4n) is 1.75. The predicted octanol–water partition coefficient (Wildman–Crippen LogP) is 1.91. The van der Waals surface area contributed by atoms with Crippen LogP contribution in [0, 0.1) is 0 Å². The summed E-state index contributed by atoms with van der Waals surface area (Å²) in [7, 11) is 0. The molecular weight excluding hydrogens is 254 g/mol. The first-order valence-electron chi connectivity index (χ1n) is 6.02. The van der Waals surface area contributed by atoms with E-state index in [1.165, 1.54) is 0 Å². The normalized spacial score (nSPS) is 10.2. The molecule has 3 aromatic heterocycles. The first-order chi connectivity index (χ1) is 9.84. The van der Waals surface area contributed by atoms with Crippen molar-refractivity contribution in [2.24, 2.45) is 0 Å². The monoisotopic (exact) mass is 265 g/mol. The molecule has 0 aliphatic rings. The van der Waals surface area contributed by atoms with Crippen LogP contribution in [0.1, 0.15) is 10.5 Å². The van der Waals surface area contributed by atoms with Crippen molar-refractivity contribution in [3.05, 3.63) is 66.9 Å². The zero-order chi connectivity index (χ0) is 13.8. The summed E-state index contributed by atoms with van der Waals surface area (Å²) < 4.78 is 1.59. The molecule has 6 heteroatoms. The molecule has 20 heavy (non-hydrogen) atoms. The minimum atomic E-state index is -0.285. The summed E-state index contributed by atoms with van der Waals surface area (Å²) in [6.45, 7) is 0. The molecule has 0 saturated carbocycles. The fourth-order valence-corrected chi connectivity index (χ4v) is 1.75. The van der Waals surface area contributed by atoms with Crippen LogP contribution >= 0.6 is 0 Å². The van der Waals surface area contributed by atoms with Crippen LogP contribution in [0.2, 0.25) is 0 Å². The Bertz CT molecular complexity index is 709. The van der Waals surface area contributed by atoms with Crippen LogP contribution in [0.4, 0.5) is 5.69 Å². The van der Waals surface area contributed by atoms with Gasteiger partial charge in [-0.25, -0.2) is 9.67 Å². The fraction of sp³-hybridized carbons (Fsp3) is 0. The van der Waals surface area contributed by atoms with Gasteiger partial charge in [-0.2, -0.15) is 5.10 Å². The SMILES string of the molecule is O=C(Nc1cccnc1-n1cccn1)c1ccccn1. The molecule has 0 atom stereocenters. The molecule has 0 aliphatic carbocycles. The number of aromatic nitrogens is 4. The Kier molecular flexibility index (Phi) is 3.20. The lowest BCUT2D eigenvalue weighted by Gasteiger charge is -2.09. The maximum Gasteiger partial charge on any atom is 0.274 e. The minimum Gasteiger partial charge on any atom is -0.317 e. The topological polar surface area (TPSA) is 72.7 Å². The molecule has 0 aromatic carbocycles. The third-order valence-corrected chi connectivity index (χ3v) is 2.65. The van der Waals surface area contributed by atoms with Crippen LogP contribution in [0.15, 0.2) is 61.2 Å². The summed E-state index contributed by atoms with van der Waals surface area (Å²) in [5, 5.41) is 6.90. The van der Waals surface area contributed by atoms with Crippen molar-refractivity contribution < 1.29 is 4.79 Å². The first-order valence-corrected chi connectivity index (χ1v) is 6.02. The number of amides is 1. The molecule has 3 aromatic rings. The van der Waals surface area contributed by atoms with Crippen molar-refractivity contribution >= 4 is 11.6 Å². The van der Waals surface area contributed by atoms with E-state index in [1.807, 2.05) is 0 Å². The maximum absolute atomic E-state index is 12.1. The van der Waals surface area contributed by atoms with Gasteiger partial charge in [0.25, 0.3) is 5.91 Å². The Morgan fingerprint density at radius 2 is 1.90 bits per heavy atom. The van der Waals surface area contributed by atoms with Crippen LogP contribution < -0.4 is 5.32 Å². The summed E-state index contributed by atoms with van der Waals surface area (Å²) in [6, 6.07) is 10.5. The highest BCUT2D eigenvalue weighted by molar-refractivity contribution is 6.03. The van der Waals surface area contributed by atoms with E-state index in [2.05, 4.69) is 20.4 Å². The largest absolute Gasteiger partial charge is 0.317 e. The number of nitrogens with one attached hydrogen (secondary N) is 1. The molecule has 3 heterocycles. The average molecular weight is 265 g/mol. The Labute approximate surface area is 115 Å². The van der Waals surface area contributed by atoms with E-state index < -0.39 is 0 Å². The minimum absolute atomic E-state index is 0.285. The molecule has 0 saturated heterocycles. The highest BCUT2D eigenvalue weighted by Crippen LogP contribution is 2.16. The lowest BCUT2D eigenvalue weighted by atomic mass is 10.3. The van der Waals surface area contributed by atoms with Crippen molar-refractivity contribution in [1.82, 2.24) is 19.7 Å². The van der Waals surface area contributed by atoms with E-state index in [-0.39, 0.29) is 5.91 Å².